The smallest absolute Gasteiger partial charge is 0.243 e. The van der Waals surface area contributed by atoms with Crippen molar-refractivity contribution in [1.82, 2.24) is 4.31 Å². The predicted octanol–water partition coefficient (Wildman–Crippen LogP) is 0.127. The first-order chi connectivity index (χ1) is 9.76. The van der Waals surface area contributed by atoms with Gasteiger partial charge in [-0.1, -0.05) is 6.07 Å². The quantitative estimate of drug-likeness (QED) is 0.846. The molecule has 0 aromatic heterocycles. The van der Waals surface area contributed by atoms with E-state index in [9.17, 15) is 26.3 Å². The normalized spacial score (nSPS) is 20.1. The largest absolute Gasteiger partial charge is 0.392 e. The number of halogens is 1. The Kier molecular flexibility index (Phi) is 4.66. The summed E-state index contributed by atoms with van der Waals surface area (Å²) >= 11 is 0. The molecule has 1 aliphatic heterocycles. The standard InChI is InChI=1S/C12H16FNO5S2/c13-11-3-2-10(9-15)12(8-11)21(18,19)14-4-1-6-20(16,17)7-5-14/h2-3,8,15H,1,4-7,9H2. The average molecular weight is 337 g/mol. The molecule has 9 heteroatoms. The minimum absolute atomic E-state index is 0.0585. The summed E-state index contributed by atoms with van der Waals surface area (Å²) < 4.78 is 62.5. The molecule has 0 bridgehead atoms. The maximum atomic E-state index is 13.3. The third kappa shape index (κ3) is 3.60. The Morgan fingerprint density at radius 3 is 2.62 bits per heavy atom. The Bertz CT molecular complexity index is 730. The number of sulfonamides is 1. The maximum absolute atomic E-state index is 13.3. The molecule has 0 amide bonds. The molecule has 0 atom stereocenters. The molecule has 0 spiro atoms. The zero-order valence-corrected chi connectivity index (χ0v) is 12.8. The van der Waals surface area contributed by atoms with Gasteiger partial charge < -0.3 is 5.11 Å². The van der Waals surface area contributed by atoms with E-state index >= 15 is 0 Å². The topological polar surface area (TPSA) is 91.8 Å². The summed E-state index contributed by atoms with van der Waals surface area (Å²) in [5.74, 6) is -1.04. The molecule has 6 nitrogen and oxygen atoms in total. The van der Waals surface area contributed by atoms with Crippen LogP contribution in [-0.4, -0.2) is 50.8 Å². The highest BCUT2D eigenvalue weighted by atomic mass is 32.2. The molecule has 118 valence electrons. The van der Waals surface area contributed by atoms with E-state index in [-0.39, 0.29) is 41.5 Å². The van der Waals surface area contributed by atoms with Crippen LogP contribution in [0.5, 0.6) is 0 Å². The van der Waals surface area contributed by atoms with Gasteiger partial charge in [0.2, 0.25) is 10.0 Å². The number of aliphatic hydroxyl groups excluding tert-OH is 1. The van der Waals surface area contributed by atoms with E-state index in [0.29, 0.717) is 0 Å². The average Bonchev–Trinajstić information content (AvgIpc) is 2.60. The molecule has 0 saturated carbocycles. The van der Waals surface area contributed by atoms with Crippen molar-refractivity contribution < 1.29 is 26.3 Å². The second-order valence-corrected chi connectivity index (χ2v) is 9.03. The van der Waals surface area contributed by atoms with Gasteiger partial charge in [0.15, 0.2) is 9.84 Å². The van der Waals surface area contributed by atoms with Crippen LogP contribution in [0.15, 0.2) is 23.1 Å². The number of sulfone groups is 1. The van der Waals surface area contributed by atoms with Crippen LogP contribution >= 0.6 is 0 Å². The Balaban J connectivity index is 2.40. The van der Waals surface area contributed by atoms with Gasteiger partial charge in [-0.15, -0.1) is 0 Å². The molecule has 1 aromatic carbocycles. The van der Waals surface area contributed by atoms with Crippen molar-refractivity contribution in [2.24, 2.45) is 0 Å². The summed E-state index contributed by atoms with van der Waals surface area (Å²) in [6, 6.07) is 3.12. The molecule has 21 heavy (non-hydrogen) atoms. The van der Waals surface area contributed by atoms with Crippen LogP contribution in [0.3, 0.4) is 0 Å². The van der Waals surface area contributed by atoms with Crippen molar-refractivity contribution in [2.45, 2.75) is 17.9 Å². The first kappa shape index (κ1) is 16.3. The van der Waals surface area contributed by atoms with Crippen LogP contribution in [0.4, 0.5) is 4.39 Å². The highest BCUT2D eigenvalue weighted by molar-refractivity contribution is 7.91. The van der Waals surface area contributed by atoms with Gasteiger partial charge in [-0.3, -0.25) is 0 Å². The molecule has 1 heterocycles. The maximum Gasteiger partial charge on any atom is 0.243 e. The number of aliphatic hydroxyl groups is 1. The molecule has 1 fully saturated rings. The van der Waals surface area contributed by atoms with Gasteiger partial charge in [0.05, 0.1) is 23.0 Å². The summed E-state index contributed by atoms with van der Waals surface area (Å²) in [6.45, 7) is -0.643. The highest BCUT2D eigenvalue weighted by Crippen LogP contribution is 2.23. The summed E-state index contributed by atoms with van der Waals surface area (Å²) in [6.07, 6.45) is 0.200. The molecule has 1 aromatic rings. The van der Waals surface area contributed by atoms with Crippen LogP contribution < -0.4 is 0 Å². The zero-order chi connectivity index (χ0) is 15.7. The Morgan fingerprint density at radius 1 is 1.24 bits per heavy atom. The molecule has 0 radical (unpaired) electrons. The van der Waals surface area contributed by atoms with E-state index in [1.807, 2.05) is 0 Å². The van der Waals surface area contributed by atoms with Crippen molar-refractivity contribution in [1.29, 1.82) is 0 Å². The second kappa shape index (κ2) is 5.99. The molecule has 0 unspecified atom stereocenters. The highest BCUT2D eigenvalue weighted by Gasteiger charge is 2.30. The zero-order valence-electron chi connectivity index (χ0n) is 11.2. The lowest BCUT2D eigenvalue weighted by molar-refractivity contribution is 0.277. The molecule has 1 saturated heterocycles. The second-order valence-electron chi connectivity index (χ2n) is 4.82. The van der Waals surface area contributed by atoms with Gasteiger partial charge in [0, 0.05) is 13.1 Å². The minimum Gasteiger partial charge on any atom is -0.392 e. The number of rotatable bonds is 3. The van der Waals surface area contributed by atoms with Crippen molar-refractivity contribution in [3.05, 3.63) is 29.6 Å². The van der Waals surface area contributed by atoms with E-state index in [4.69, 9.17) is 0 Å². The minimum atomic E-state index is -4.03. The van der Waals surface area contributed by atoms with E-state index in [1.165, 1.54) is 6.07 Å². The lowest BCUT2D eigenvalue weighted by Gasteiger charge is -2.21. The monoisotopic (exact) mass is 337 g/mol. The van der Waals surface area contributed by atoms with Crippen molar-refractivity contribution in [3.63, 3.8) is 0 Å². The van der Waals surface area contributed by atoms with E-state index in [1.54, 1.807) is 0 Å². The van der Waals surface area contributed by atoms with E-state index in [0.717, 1.165) is 16.4 Å². The molecular formula is C12H16FNO5S2. The Morgan fingerprint density at radius 2 is 1.95 bits per heavy atom. The van der Waals surface area contributed by atoms with Gasteiger partial charge in [0.25, 0.3) is 0 Å². The number of hydrogen-bond acceptors (Lipinski definition) is 5. The molecular weight excluding hydrogens is 321 g/mol. The van der Waals surface area contributed by atoms with Gasteiger partial charge in [0.1, 0.15) is 5.82 Å². The van der Waals surface area contributed by atoms with Crippen LogP contribution in [0.2, 0.25) is 0 Å². The number of benzene rings is 1. The fourth-order valence-corrected chi connectivity index (χ4v) is 5.29. The lowest BCUT2D eigenvalue weighted by atomic mass is 10.2. The number of nitrogens with zero attached hydrogens (tertiary/aromatic N) is 1. The van der Waals surface area contributed by atoms with E-state index < -0.39 is 32.3 Å². The third-order valence-electron chi connectivity index (χ3n) is 3.33. The van der Waals surface area contributed by atoms with Gasteiger partial charge >= 0.3 is 0 Å². The molecule has 0 aliphatic carbocycles. The van der Waals surface area contributed by atoms with Crippen molar-refractivity contribution in [2.75, 3.05) is 24.6 Å². The fraction of sp³-hybridized carbons (Fsp3) is 0.500. The molecule has 2 rings (SSSR count). The lowest BCUT2D eigenvalue weighted by Crippen LogP contribution is -2.34. The summed E-state index contributed by atoms with van der Waals surface area (Å²) in [7, 11) is -7.28. The number of hydrogen-bond donors (Lipinski definition) is 1. The van der Waals surface area contributed by atoms with Crippen molar-refractivity contribution >= 4 is 19.9 Å². The van der Waals surface area contributed by atoms with Crippen LogP contribution in [-0.2, 0) is 26.5 Å². The summed E-state index contributed by atoms with van der Waals surface area (Å²) in [5.41, 5.74) is 0.0866. The molecule has 1 N–H and O–H groups in total. The van der Waals surface area contributed by atoms with Crippen LogP contribution in [0.1, 0.15) is 12.0 Å². The Hall–Kier alpha value is -1.03. The van der Waals surface area contributed by atoms with Crippen LogP contribution in [0.25, 0.3) is 0 Å². The third-order valence-corrected chi connectivity index (χ3v) is 7.03. The summed E-state index contributed by atoms with van der Waals surface area (Å²) in [5, 5.41) is 9.21. The SMILES string of the molecule is O=S1(=O)CCCN(S(=O)(=O)c2cc(F)ccc2CO)CC1. The summed E-state index contributed by atoms with van der Waals surface area (Å²) in [4.78, 5) is -0.315. The Labute approximate surface area is 123 Å². The molecule has 1 aliphatic rings. The van der Waals surface area contributed by atoms with Gasteiger partial charge in [-0.05, 0) is 24.1 Å². The van der Waals surface area contributed by atoms with Gasteiger partial charge in [-0.25, -0.2) is 21.2 Å². The first-order valence-electron chi connectivity index (χ1n) is 6.36. The van der Waals surface area contributed by atoms with Crippen molar-refractivity contribution in [3.8, 4) is 0 Å². The first-order valence-corrected chi connectivity index (χ1v) is 9.62. The van der Waals surface area contributed by atoms with Crippen LogP contribution in [0, 0.1) is 5.82 Å². The predicted molar refractivity (Wildman–Crippen MR) is 74.4 cm³/mol. The fourth-order valence-electron chi connectivity index (χ4n) is 2.19. The van der Waals surface area contributed by atoms with E-state index in [2.05, 4.69) is 0 Å². The van der Waals surface area contributed by atoms with Gasteiger partial charge in [-0.2, -0.15) is 4.31 Å².